The zero-order chi connectivity index (χ0) is 15.2. The van der Waals surface area contributed by atoms with Crippen molar-refractivity contribution in [3.63, 3.8) is 0 Å². The van der Waals surface area contributed by atoms with E-state index < -0.39 is 0 Å². The van der Waals surface area contributed by atoms with E-state index in [0.29, 0.717) is 12.3 Å². The van der Waals surface area contributed by atoms with Crippen LogP contribution in [0.3, 0.4) is 0 Å². The number of nitrogens with zero attached hydrogens (tertiary/aromatic N) is 2. The quantitative estimate of drug-likeness (QED) is 0.877. The Morgan fingerprint density at radius 1 is 1.09 bits per heavy atom. The number of rotatable bonds is 6. The smallest absolute Gasteiger partial charge is 0.220 e. The maximum absolute atomic E-state index is 12.0. The van der Waals surface area contributed by atoms with Crippen molar-refractivity contribution in [2.24, 2.45) is 5.92 Å². The fraction of sp³-hybridized carbons (Fsp3) is 0.722. The Morgan fingerprint density at radius 2 is 1.91 bits per heavy atom. The molecule has 1 amide bonds. The molecule has 4 nitrogen and oxygen atoms in total. The number of piperidine rings is 2. The van der Waals surface area contributed by atoms with E-state index in [1.807, 2.05) is 12.1 Å². The Kier molecular flexibility index (Phi) is 5.54. The lowest BCUT2D eigenvalue weighted by Gasteiger charge is -2.44. The standard InChI is InChI=1S/C18H29N3O/c22-18(9-6-12-20-10-3-4-11-20)19-15-16-7-5-14-21-13-2-1-8-17(16)21/h3-4,10-11,16-17H,1-2,5-9,12-15H2,(H,19,22). The highest BCUT2D eigenvalue weighted by molar-refractivity contribution is 5.75. The summed E-state index contributed by atoms with van der Waals surface area (Å²) in [6, 6.07) is 4.78. The summed E-state index contributed by atoms with van der Waals surface area (Å²) in [6.45, 7) is 4.35. The van der Waals surface area contributed by atoms with Gasteiger partial charge in [-0.25, -0.2) is 0 Å². The van der Waals surface area contributed by atoms with Gasteiger partial charge in [0.1, 0.15) is 0 Å². The highest BCUT2D eigenvalue weighted by Crippen LogP contribution is 2.30. The van der Waals surface area contributed by atoms with Gasteiger partial charge < -0.3 is 14.8 Å². The summed E-state index contributed by atoms with van der Waals surface area (Å²) in [4.78, 5) is 14.7. The van der Waals surface area contributed by atoms with Crippen LogP contribution in [-0.4, -0.2) is 41.1 Å². The number of carbonyl (C=O) groups excluding carboxylic acids is 1. The maximum atomic E-state index is 12.0. The molecule has 1 aromatic rings. The lowest BCUT2D eigenvalue weighted by atomic mass is 9.83. The van der Waals surface area contributed by atoms with Crippen LogP contribution in [0, 0.1) is 5.92 Å². The van der Waals surface area contributed by atoms with Crippen LogP contribution in [0.25, 0.3) is 0 Å². The van der Waals surface area contributed by atoms with Gasteiger partial charge in [-0.05, 0) is 63.2 Å². The van der Waals surface area contributed by atoms with Crippen LogP contribution in [0.15, 0.2) is 24.5 Å². The lowest BCUT2D eigenvalue weighted by molar-refractivity contribution is -0.121. The Labute approximate surface area is 133 Å². The van der Waals surface area contributed by atoms with Crippen molar-refractivity contribution in [2.45, 2.75) is 57.5 Å². The van der Waals surface area contributed by atoms with Gasteiger partial charge in [-0.1, -0.05) is 6.42 Å². The van der Waals surface area contributed by atoms with Gasteiger partial charge in [0.05, 0.1) is 0 Å². The molecular formula is C18H29N3O. The molecule has 4 heteroatoms. The molecule has 2 atom stereocenters. The number of carbonyl (C=O) groups is 1. The van der Waals surface area contributed by atoms with Crippen molar-refractivity contribution >= 4 is 5.91 Å². The van der Waals surface area contributed by atoms with Crippen molar-refractivity contribution in [3.8, 4) is 0 Å². The summed E-state index contributed by atoms with van der Waals surface area (Å²) < 4.78 is 2.13. The van der Waals surface area contributed by atoms with Crippen molar-refractivity contribution in [3.05, 3.63) is 24.5 Å². The van der Waals surface area contributed by atoms with Gasteiger partial charge in [-0.3, -0.25) is 4.79 Å². The molecule has 2 fully saturated rings. The highest BCUT2D eigenvalue weighted by Gasteiger charge is 2.32. The number of hydrogen-bond donors (Lipinski definition) is 1. The molecule has 1 N–H and O–H groups in total. The zero-order valence-electron chi connectivity index (χ0n) is 13.5. The average Bonchev–Trinajstić information content (AvgIpc) is 3.06. The molecule has 1 aromatic heterocycles. The number of aryl methyl sites for hydroxylation is 1. The van der Waals surface area contributed by atoms with Crippen molar-refractivity contribution in [1.82, 2.24) is 14.8 Å². The van der Waals surface area contributed by atoms with Crippen LogP contribution >= 0.6 is 0 Å². The molecule has 2 unspecified atom stereocenters. The number of hydrogen-bond acceptors (Lipinski definition) is 2. The van der Waals surface area contributed by atoms with Gasteiger partial charge in [0.15, 0.2) is 0 Å². The SMILES string of the molecule is O=C(CCCn1cccc1)NCC1CCCN2CCCCC12. The minimum atomic E-state index is 0.222. The molecule has 22 heavy (non-hydrogen) atoms. The maximum Gasteiger partial charge on any atom is 0.220 e. The summed E-state index contributed by atoms with van der Waals surface area (Å²) in [5, 5.41) is 3.19. The number of aromatic nitrogens is 1. The predicted molar refractivity (Wildman–Crippen MR) is 88.6 cm³/mol. The third kappa shape index (κ3) is 4.13. The lowest BCUT2D eigenvalue weighted by Crippen LogP contribution is -2.50. The van der Waals surface area contributed by atoms with Crippen molar-refractivity contribution < 1.29 is 4.79 Å². The molecule has 2 aliphatic heterocycles. The van der Waals surface area contributed by atoms with E-state index in [4.69, 9.17) is 0 Å². The molecule has 3 heterocycles. The first-order chi connectivity index (χ1) is 10.8. The van der Waals surface area contributed by atoms with Crippen LogP contribution < -0.4 is 5.32 Å². The van der Waals surface area contributed by atoms with E-state index in [2.05, 4.69) is 27.2 Å². The number of fused-ring (bicyclic) bond motifs is 1. The molecule has 3 rings (SSSR count). The van der Waals surface area contributed by atoms with Gasteiger partial charge in [-0.2, -0.15) is 0 Å². The van der Waals surface area contributed by atoms with E-state index in [0.717, 1.165) is 25.6 Å². The molecule has 0 radical (unpaired) electrons. The monoisotopic (exact) mass is 303 g/mol. The molecular weight excluding hydrogens is 274 g/mol. The van der Waals surface area contributed by atoms with E-state index in [-0.39, 0.29) is 5.91 Å². The average molecular weight is 303 g/mol. The fourth-order valence-electron chi connectivity index (χ4n) is 4.09. The normalized spacial score (nSPS) is 25.6. The second-order valence-corrected chi connectivity index (χ2v) is 6.83. The van der Waals surface area contributed by atoms with Gasteiger partial charge in [0.25, 0.3) is 0 Å². The third-order valence-corrected chi connectivity index (χ3v) is 5.28. The second-order valence-electron chi connectivity index (χ2n) is 6.83. The molecule has 0 aromatic carbocycles. The summed E-state index contributed by atoms with van der Waals surface area (Å²) in [5.74, 6) is 0.891. The number of amides is 1. The Morgan fingerprint density at radius 3 is 2.77 bits per heavy atom. The van der Waals surface area contributed by atoms with Gasteiger partial charge >= 0.3 is 0 Å². The summed E-state index contributed by atoms with van der Waals surface area (Å²) in [6.07, 6.45) is 12.3. The molecule has 2 saturated heterocycles. The van der Waals surface area contributed by atoms with Crippen LogP contribution in [0.1, 0.15) is 44.9 Å². The summed E-state index contributed by atoms with van der Waals surface area (Å²) >= 11 is 0. The van der Waals surface area contributed by atoms with Crippen molar-refractivity contribution in [1.29, 1.82) is 0 Å². The number of nitrogens with one attached hydrogen (secondary N) is 1. The topological polar surface area (TPSA) is 37.3 Å². The first-order valence-electron chi connectivity index (χ1n) is 8.94. The van der Waals surface area contributed by atoms with E-state index >= 15 is 0 Å². The first-order valence-corrected chi connectivity index (χ1v) is 8.94. The van der Waals surface area contributed by atoms with Gasteiger partial charge in [0, 0.05) is 37.9 Å². The summed E-state index contributed by atoms with van der Waals surface area (Å²) in [7, 11) is 0. The van der Waals surface area contributed by atoms with Gasteiger partial charge in [-0.15, -0.1) is 0 Å². The molecule has 2 aliphatic rings. The third-order valence-electron chi connectivity index (χ3n) is 5.28. The largest absolute Gasteiger partial charge is 0.356 e. The Bertz CT molecular complexity index is 455. The predicted octanol–water partition coefficient (Wildman–Crippen LogP) is 2.65. The molecule has 0 bridgehead atoms. The zero-order valence-corrected chi connectivity index (χ0v) is 13.5. The van der Waals surface area contributed by atoms with E-state index in [9.17, 15) is 4.79 Å². The van der Waals surface area contributed by atoms with Crippen LogP contribution in [0.5, 0.6) is 0 Å². The van der Waals surface area contributed by atoms with E-state index in [1.165, 1.54) is 45.2 Å². The first kappa shape index (κ1) is 15.6. The van der Waals surface area contributed by atoms with Crippen LogP contribution in [-0.2, 0) is 11.3 Å². The molecule has 0 saturated carbocycles. The molecule has 0 aliphatic carbocycles. The Hall–Kier alpha value is -1.29. The minimum absolute atomic E-state index is 0.222. The van der Waals surface area contributed by atoms with E-state index in [1.54, 1.807) is 0 Å². The highest BCUT2D eigenvalue weighted by atomic mass is 16.1. The van der Waals surface area contributed by atoms with Crippen molar-refractivity contribution in [2.75, 3.05) is 19.6 Å². The fourth-order valence-corrected chi connectivity index (χ4v) is 4.09. The van der Waals surface area contributed by atoms with Crippen LogP contribution in [0.4, 0.5) is 0 Å². The second kappa shape index (κ2) is 7.82. The summed E-state index contributed by atoms with van der Waals surface area (Å²) in [5.41, 5.74) is 0. The minimum Gasteiger partial charge on any atom is -0.356 e. The van der Waals surface area contributed by atoms with Gasteiger partial charge in [0.2, 0.25) is 5.91 Å². The molecule has 122 valence electrons. The molecule has 0 spiro atoms. The van der Waals surface area contributed by atoms with Crippen LogP contribution in [0.2, 0.25) is 0 Å². The Balaban J connectivity index is 1.36.